The van der Waals surface area contributed by atoms with Gasteiger partial charge in [-0.2, -0.15) is 4.98 Å². The van der Waals surface area contributed by atoms with E-state index in [1.807, 2.05) is 12.1 Å². The number of anilines is 5. The minimum absolute atomic E-state index is 0.328. The van der Waals surface area contributed by atoms with Gasteiger partial charge in [0.15, 0.2) is 5.82 Å². The lowest BCUT2D eigenvalue weighted by atomic mass is 10.0. The maximum Gasteiger partial charge on any atom is 0.229 e. The summed E-state index contributed by atoms with van der Waals surface area (Å²) in [6, 6.07) is 8.56. The number of aromatic nitrogens is 4. The van der Waals surface area contributed by atoms with E-state index in [2.05, 4.69) is 66.4 Å². The molecule has 4 aromatic rings. The molecule has 11 nitrogen and oxygen atoms in total. The van der Waals surface area contributed by atoms with Crippen LogP contribution in [0.25, 0.3) is 11.0 Å². The molecular formula is C34H43ClN9O2P. The summed E-state index contributed by atoms with van der Waals surface area (Å²) in [5, 5.41) is 7.55. The van der Waals surface area contributed by atoms with E-state index in [1.165, 1.54) is 44.7 Å². The Kier molecular flexibility index (Phi) is 8.76. The number of rotatable bonds is 8. The number of hydrogen-bond acceptors (Lipinski definition) is 11. The van der Waals surface area contributed by atoms with E-state index in [0.29, 0.717) is 50.6 Å². The van der Waals surface area contributed by atoms with Gasteiger partial charge in [-0.15, -0.1) is 0 Å². The standard InChI is InChI=1S/C34H43ClN9O2P/c1-21-14-28(30(46-3)15-29(21)43-12-8-24(9-13-43)44-19-22-17-42(2)18-23(22)20-44)40-34-38-16-25(35)33(41-34)39-27-7-6-26-31(37-11-10-36-26)32(27)47(4,5)45/h6-7,10-11,14-16,22-24H,8-9,12-13,17-20H2,1-5H3,(H2,38,39,40,41)/t22-,23+. The van der Waals surface area contributed by atoms with Gasteiger partial charge in [-0.3, -0.25) is 14.9 Å². The highest BCUT2D eigenvalue weighted by Gasteiger charge is 2.41. The van der Waals surface area contributed by atoms with Crippen molar-refractivity contribution in [1.29, 1.82) is 0 Å². The molecule has 2 atom stereocenters. The first kappa shape index (κ1) is 32.1. The number of likely N-dealkylation sites (tertiary alicyclic amines) is 2. The summed E-state index contributed by atoms with van der Waals surface area (Å²) in [4.78, 5) is 25.7. The number of hydrogen-bond donors (Lipinski definition) is 2. The molecule has 3 fully saturated rings. The largest absolute Gasteiger partial charge is 0.494 e. The van der Waals surface area contributed by atoms with Crippen LogP contribution in [0.2, 0.25) is 5.02 Å². The monoisotopic (exact) mass is 675 g/mol. The van der Waals surface area contributed by atoms with Crippen molar-refractivity contribution >= 4 is 63.9 Å². The maximum absolute atomic E-state index is 13.4. The fourth-order valence-corrected chi connectivity index (χ4v) is 9.28. The predicted molar refractivity (Wildman–Crippen MR) is 191 cm³/mol. The first-order valence-electron chi connectivity index (χ1n) is 16.3. The lowest BCUT2D eigenvalue weighted by Gasteiger charge is -2.39. The zero-order valence-electron chi connectivity index (χ0n) is 27.7. The number of methoxy groups -OCH3 is 1. The van der Waals surface area contributed by atoms with Crippen LogP contribution in [0.5, 0.6) is 5.75 Å². The summed E-state index contributed by atoms with van der Waals surface area (Å²) in [6.45, 7) is 12.7. The Bertz CT molecular complexity index is 1830. The van der Waals surface area contributed by atoms with Gasteiger partial charge in [0, 0.05) is 69.5 Å². The molecule has 3 aliphatic rings. The Morgan fingerprint density at radius 1 is 0.957 bits per heavy atom. The van der Waals surface area contributed by atoms with Crippen molar-refractivity contribution in [3.05, 3.63) is 53.4 Å². The first-order valence-corrected chi connectivity index (χ1v) is 19.3. The number of benzene rings is 2. The Labute approximate surface area is 281 Å². The van der Waals surface area contributed by atoms with Crippen molar-refractivity contribution < 1.29 is 9.30 Å². The summed E-state index contributed by atoms with van der Waals surface area (Å²) >= 11 is 6.56. The van der Waals surface area contributed by atoms with Crippen molar-refractivity contribution in [2.75, 3.05) is 82.3 Å². The Morgan fingerprint density at radius 3 is 2.38 bits per heavy atom. The van der Waals surface area contributed by atoms with Gasteiger partial charge < -0.3 is 29.7 Å². The SMILES string of the molecule is COc1cc(N2CCC(N3C[C@H]4CN(C)C[C@H]4C3)CC2)c(C)cc1Nc1ncc(Cl)c(Nc2ccc3nccnc3c2P(C)(C)=O)n1. The van der Waals surface area contributed by atoms with Gasteiger partial charge in [0.1, 0.15) is 23.4 Å². The van der Waals surface area contributed by atoms with Gasteiger partial charge in [-0.25, -0.2) is 4.98 Å². The molecule has 248 valence electrons. The van der Waals surface area contributed by atoms with Crippen molar-refractivity contribution in [2.24, 2.45) is 11.8 Å². The molecule has 13 heteroatoms. The predicted octanol–water partition coefficient (Wildman–Crippen LogP) is 5.59. The number of aryl methyl sites for hydroxylation is 1. The molecule has 2 N–H and O–H groups in total. The lowest BCUT2D eigenvalue weighted by molar-refractivity contribution is 0.184. The lowest BCUT2D eigenvalue weighted by Crippen LogP contribution is -2.45. The van der Waals surface area contributed by atoms with Crippen LogP contribution in [-0.4, -0.2) is 103 Å². The van der Waals surface area contributed by atoms with Crippen molar-refractivity contribution in [1.82, 2.24) is 29.7 Å². The zero-order valence-corrected chi connectivity index (χ0v) is 29.4. The molecule has 2 aromatic heterocycles. The highest BCUT2D eigenvalue weighted by molar-refractivity contribution is 7.71. The van der Waals surface area contributed by atoms with Gasteiger partial charge in [-0.1, -0.05) is 11.6 Å². The molecule has 7 rings (SSSR count). The van der Waals surface area contributed by atoms with E-state index in [4.69, 9.17) is 21.3 Å². The van der Waals surface area contributed by atoms with Crippen LogP contribution >= 0.6 is 18.7 Å². The van der Waals surface area contributed by atoms with E-state index >= 15 is 0 Å². The molecule has 0 amide bonds. The quantitative estimate of drug-likeness (QED) is 0.228. The highest BCUT2D eigenvalue weighted by atomic mass is 35.5. The molecule has 0 spiro atoms. The molecule has 2 aromatic carbocycles. The van der Waals surface area contributed by atoms with Crippen LogP contribution in [0.15, 0.2) is 42.9 Å². The minimum Gasteiger partial charge on any atom is -0.494 e. The van der Waals surface area contributed by atoms with E-state index in [9.17, 15) is 4.57 Å². The third-order valence-corrected chi connectivity index (χ3v) is 11.7. The van der Waals surface area contributed by atoms with Crippen LogP contribution in [0.1, 0.15) is 18.4 Å². The van der Waals surface area contributed by atoms with Crippen LogP contribution in [0.4, 0.5) is 28.8 Å². The molecule has 3 aliphatic heterocycles. The third kappa shape index (κ3) is 6.51. The average molecular weight is 676 g/mol. The second-order valence-corrected chi connectivity index (χ2v) is 17.2. The maximum atomic E-state index is 13.4. The zero-order chi connectivity index (χ0) is 32.9. The Morgan fingerprint density at radius 2 is 1.68 bits per heavy atom. The summed E-state index contributed by atoms with van der Waals surface area (Å²) in [5.41, 5.74) is 4.98. The Hall–Kier alpha value is -3.50. The smallest absolute Gasteiger partial charge is 0.229 e. The molecule has 47 heavy (non-hydrogen) atoms. The van der Waals surface area contributed by atoms with Gasteiger partial charge in [0.25, 0.3) is 0 Å². The number of fused-ring (bicyclic) bond motifs is 2. The van der Waals surface area contributed by atoms with E-state index in [-0.39, 0.29) is 0 Å². The van der Waals surface area contributed by atoms with Gasteiger partial charge in [0.2, 0.25) is 5.95 Å². The van der Waals surface area contributed by atoms with Gasteiger partial charge in [0.05, 0.1) is 35.5 Å². The van der Waals surface area contributed by atoms with Crippen LogP contribution in [-0.2, 0) is 4.57 Å². The second kappa shape index (κ2) is 12.8. The number of halogens is 1. The summed E-state index contributed by atoms with van der Waals surface area (Å²) < 4.78 is 19.3. The summed E-state index contributed by atoms with van der Waals surface area (Å²) in [5.74, 6) is 3.14. The molecule has 5 heterocycles. The van der Waals surface area contributed by atoms with Crippen LogP contribution < -0.4 is 25.6 Å². The first-order chi connectivity index (χ1) is 22.6. The van der Waals surface area contributed by atoms with Gasteiger partial charge >= 0.3 is 0 Å². The molecule has 0 bridgehead atoms. The van der Waals surface area contributed by atoms with E-state index < -0.39 is 7.14 Å². The number of ether oxygens (including phenoxy) is 1. The number of nitrogens with one attached hydrogen (secondary N) is 2. The van der Waals surface area contributed by atoms with Crippen LogP contribution in [0, 0.1) is 18.8 Å². The minimum atomic E-state index is -2.76. The second-order valence-electron chi connectivity index (χ2n) is 13.6. The molecule has 0 aliphatic carbocycles. The van der Waals surface area contributed by atoms with Crippen molar-refractivity contribution in [2.45, 2.75) is 25.8 Å². The van der Waals surface area contributed by atoms with Gasteiger partial charge in [-0.05, 0) is 75.7 Å². The van der Waals surface area contributed by atoms with Crippen molar-refractivity contribution in [3.8, 4) is 5.75 Å². The third-order valence-electron chi connectivity index (χ3n) is 9.93. The molecule has 0 radical (unpaired) electrons. The summed E-state index contributed by atoms with van der Waals surface area (Å²) in [7, 11) is 1.18. The van der Waals surface area contributed by atoms with E-state index in [0.717, 1.165) is 36.2 Å². The van der Waals surface area contributed by atoms with Crippen molar-refractivity contribution in [3.63, 3.8) is 0 Å². The van der Waals surface area contributed by atoms with E-state index in [1.54, 1.807) is 39.0 Å². The molecule has 0 saturated carbocycles. The average Bonchev–Trinajstić information content (AvgIpc) is 3.60. The van der Waals surface area contributed by atoms with Crippen LogP contribution in [0.3, 0.4) is 0 Å². The highest BCUT2D eigenvalue weighted by Crippen LogP contribution is 2.42. The molecule has 0 unspecified atom stereocenters. The summed E-state index contributed by atoms with van der Waals surface area (Å²) in [6.07, 6.45) is 7.13. The fraction of sp³-hybridized carbons (Fsp3) is 0.471. The molecule has 3 saturated heterocycles. The molecular weight excluding hydrogens is 633 g/mol. The topological polar surface area (TPSA) is 112 Å². The fourth-order valence-electron chi connectivity index (χ4n) is 7.75. The number of piperidine rings is 1. The number of nitrogens with zero attached hydrogens (tertiary/aromatic N) is 7. The normalized spacial score (nSPS) is 20.9. The Balaban J connectivity index is 1.07.